The van der Waals surface area contributed by atoms with Gasteiger partial charge in [0.1, 0.15) is 6.10 Å². The Labute approximate surface area is 101 Å². The molecule has 1 fully saturated rings. The molecule has 2 atom stereocenters. The molecule has 17 heavy (non-hydrogen) atoms. The highest BCUT2D eigenvalue weighted by Crippen LogP contribution is 2.16. The normalized spacial score (nSPS) is 21.8. The summed E-state index contributed by atoms with van der Waals surface area (Å²) in [6.45, 7) is 0.645. The van der Waals surface area contributed by atoms with Crippen molar-refractivity contribution in [2.24, 2.45) is 5.73 Å². The molecule has 0 aromatic rings. The number of primary amides is 1. The molecule has 98 valence electrons. The van der Waals surface area contributed by atoms with Crippen LogP contribution >= 0.6 is 0 Å². The highest BCUT2D eigenvalue weighted by molar-refractivity contribution is 5.80. The Balaban J connectivity index is 2.10. The third kappa shape index (κ3) is 5.65. The number of nitrogens with one attached hydrogen (secondary N) is 1. The quantitative estimate of drug-likeness (QED) is 0.575. The first-order valence-corrected chi connectivity index (χ1v) is 5.95. The van der Waals surface area contributed by atoms with Gasteiger partial charge in [-0.05, 0) is 25.7 Å². The lowest BCUT2D eigenvalue weighted by Gasteiger charge is -2.22. The van der Waals surface area contributed by atoms with Gasteiger partial charge in [0, 0.05) is 13.0 Å². The molecule has 4 N–H and O–H groups in total. The lowest BCUT2D eigenvalue weighted by Crippen LogP contribution is -2.40. The van der Waals surface area contributed by atoms with E-state index < -0.39 is 12.0 Å². The van der Waals surface area contributed by atoms with Gasteiger partial charge >= 0.3 is 0 Å². The van der Waals surface area contributed by atoms with Crippen LogP contribution in [0.3, 0.4) is 0 Å². The van der Waals surface area contributed by atoms with E-state index in [9.17, 15) is 9.59 Å². The lowest BCUT2D eigenvalue weighted by atomic mass is 10.0. The Bertz CT molecular complexity index is 264. The number of carbonyl (C=O) groups is 2. The summed E-state index contributed by atoms with van der Waals surface area (Å²) in [7, 11) is 0. The van der Waals surface area contributed by atoms with E-state index in [1.54, 1.807) is 0 Å². The van der Waals surface area contributed by atoms with Crippen LogP contribution in [0.2, 0.25) is 0 Å². The summed E-state index contributed by atoms with van der Waals surface area (Å²) in [5.74, 6) is -1.03. The van der Waals surface area contributed by atoms with Crippen LogP contribution in [0.25, 0.3) is 0 Å². The number of hydrogen-bond acceptors (Lipinski definition) is 4. The van der Waals surface area contributed by atoms with E-state index in [1.807, 2.05) is 0 Å². The van der Waals surface area contributed by atoms with Gasteiger partial charge in [-0.15, -0.1) is 0 Å². The molecule has 0 aromatic carbocycles. The van der Waals surface area contributed by atoms with Crippen molar-refractivity contribution in [3.05, 3.63) is 0 Å². The van der Waals surface area contributed by atoms with E-state index in [0.29, 0.717) is 12.8 Å². The molecule has 1 aliphatic rings. The third-order valence-corrected chi connectivity index (χ3v) is 2.79. The SMILES string of the molecule is NC(=O)C(O)CNC(=O)CCC1CCCCO1. The molecule has 0 aromatic heterocycles. The first kappa shape index (κ1) is 13.9. The predicted octanol–water partition coefficient (Wildman–Crippen LogP) is -0.702. The summed E-state index contributed by atoms with van der Waals surface area (Å²) in [5, 5.41) is 11.5. The number of aliphatic hydroxyl groups is 1. The second-order valence-electron chi connectivity index (χ2n) is 4.25. The summed E-state index contributed by atoms with van der Waals surface area (Å²) in [5.41, 5.74) is 4.85. The Kier molecular flexibility index (Phi) is 5.93. The van der Waals surface area contributed by atoms with E-state index in [1.165, 1.54) is 0 Å². The van der Waals surface area contributed by atoms with Crippen molar-refractivity contribution >= 4 is 11.8 Å². The van der Waals surface area contributed by atoms with Gasteiger partial charge in [-0.2, -0.15) is 0 Å². The summed E-state index contributed by atoms with van der Waals surface area (Å²) in [6, 6.07) is 0. The highest BCUT2D eigenvalue weighted by atomic mass is 16.5. The van der Waals surface area contributed by atoms with Crippen LogP contribution in [0.5, 0.6) is 0 Å². The molecule has 0 saturated carbocycles. The van der Waals surface area contributed by atoms with Crippen molar-refractivity contribution in [3.8, 4) is 0 Å². The van der Waals surface area contributed by atoms with Crippen molar-refractivity contribution in [2.75, 3.05) is 13.2 Å². The topological polar surface area (TPSA) is 102 Å². The van der Waals surface area contributed by atoms with Gasteiger partial charge in [0.05, 0.1) is 12.6 Å². The monoisotopic (exact) mass is 244 g/mol. The Morgan fingerprint density at radius 1 is 1.47 bits per heavy atom. The predicted molar refractivity (Wildman–Crippen MR) is 61.0 cm³/mol. The fraction of sp³-hybridized carbons (Fsp3) is 0.818. The van der Waals surface area contributed by atoms with Crippen molar-refractivity contribution in [1.82, 2.24) is 5.32 Å². The van der Waals surface area contributed by atoms with Gasteiger partial charge in [0.25, 0.3) is 0 Å². The van der Waals surface area contributed by atoms with Gasteiger partial charge in [-0.3, -0.25) is 9.59 Å². The molecular formula is C11H20N2O4. The molecule has 2 amide bonds. The zero-order chi connectivity index (χ0) is 12.7. The van der Waals surface area contributed by atoms with Crippen LogP contribution < -0.4 is 11.1 Å². The summed E-state index contributed by atoms with van der Waals surface area (Å²) < 4.78 is 5.49. The summed E-state index contributed by atoms with van der Waals surface area (Å²) in [6.07, 6.45) is 3.10. The number of aliphatic hydroxyl groups excluding tert-OH is 1. The third-order valence-electron chi connectivity index (χ3n) is 2.79. The number of carbonyl (C=O) groups excluding carboxylic acids is 2. The van der Waals surface area contributed by atoms with Gasteiger partial charge in [0.15, 0.2) is 0 Å². The molecule has 2 unspecified atom stereocenters. The zero-order valence-corrected chi connectivity index (χ0v) is 9.85. The van der Waals surface area contributed by atoms with E-state index in [-0.39, 0.29) is 18.6 Å². The van der Waals surface area contributed by atoms with Gasteiger partial charge in [0.2, 0.25) is 11.8 Å². The van der Waals surface area contributed by atoms with Crippen LogP contribution in [-0.2, 0) is 14.3 Å². The highest BCUT2D eigenvalue weighted by Gasteiger charge is 2.16. The maximum absolute atomic E-state index is 11.4. The molecule has 0 radical (unpaired) electrons. The molecular weight excluding hydrogens is 224 g/mol. The standard InChI is InChI=1S/C11H20N2O4/c12-11(16)9(14)7-13-10(15)5-4-8-3-1-2-6-17-8/h8-9,14H,1-7H2,(H2,12,16)(H,13,15). The minimum absolute atomic E-state index is 0.125. The molecule has 1 heterocycles. The fourth-order valence-electron chi connectivity index (χ4n) is 1.73. The molecule has 1 rings (SSSR count). The number of rotatable bonds is 6. The van der Waals surface area contributed by atoms with Crippen molar-refractivity contribution < 1.29 is 19.4 Å². The van der Waals surface area contributed by atoms with Gasteiger partial charge in [-0.25, -0.2) is 0 Å². The van der Waals surface area contributed by atoms with E-state index in [0.717, 1.165) is 25.9 Å². The van der Waals surface area contributed by atoms with Gasteiger partial charge < -0.3 is 20.9 Å². The van der Waals surface area contributed by atoms with Crippen LogP contribution in [0.4, 0.5) is 0 Å². The smallest absolute Gasteiger partial charge is 0.248 e. The first-order valence-electron chi connectivity index (χ1n) is 5.95. The fourth-order valence-corrected chi connectivity index (χ4v) is 1.73. The first-order chi connectivity index (χ1) is 8.09. The second kappa shape index (κ2) is 7.24. The Morgan fingerprint density at radius 3 is 2.82 bits per heavy atom. The average Bonchev–Trinajstić information content (AvgIpc) is 2.34. The average molecular weight is 244 g/mol. The van der Waals surface area contributed by atoms with Crippen molar-refractivity contribution in [2.45, 2.75) is 44.3 Å². The summed E-state index contributed by atoms with van der Waals surface area (Å²) >= 11 is 0. The molecule has 6 nitrogen and oxygen atoms in total. The second-order valence-corrected chi connectivity index (χ2v) is 4.25. The zero-order valence-electron chi connectivity index (χ0n) is 9.85. The Morgan fingerprint density at radius 2 is 2.24 bits per heavy atom. The lowest BCUT2D eigenvalue weighted by molar-refractivity contribution is -0.127. The van der Waals surface area contributed by atoms with E-state index in [4.69, 9.17) is 15.6 Å². The number of ether oxygens (including phenoxy) is 1. The van der Waals surface area contributed by atoms with Crippen molar-refractivity contribution in [1.29, 1.82) is 0 Å². The van der Waals surface area contributed by atoms with Crippen molar-refractivity contribution in [3.63, 3.8) is 0 Å². The molecule has 0 spiro atoms. The number of amides is 2. The Hall–Kier alpha value is -1.14. The van der Waals surface area contributed by atoms with Crippen LogP contribution in [-0.4, -0.2) is 42.3 Å². The van der Waals surface area contributed by atoms with E-state index in [2.05, 4.69) is 5.32 Å². The molecule has 0 bridgehead atoms. The van der Waals surface area contributed by atoms with Crippen LogP contribution in [0, 0.1) is 0 Å². The molecule has 0 aliphatic carbocycles. The maximum Gasteiger partial charge on any atom is 0.248 e. The van der Waals surface area contributed by atoms with Crippen LogP contribution in [0.15, 0.2) is 0 Å². The van der Waals surface area contributed by atoms with Gasteiger partial charge in [-0.1, -0.05) is 0 Å². The largest absolute Gasteiger partial charge is 0.381 e. The molecule has 1 aliphatic heterocycles. The summed E-state index contributed by atoms with van der Waals surface area (Å²) in [4.78, 5) is 21.9. The number of hydrogen-bond donors (Lipinski definition) is 3. The minimum Gasteiger partial charge on any atom is -0.381 e. The minimum atomic E-state index is -1.31. The van der Waals surface area contributed by atoms with Crippen LogP contribution in [0.1, 0.15) is 32.1 Å². The van der Waals surface area contributed by atoms with E-state index >= 15 is 0 Å². The molecule has 1 saturated heterocycles. The maximum atomic E-state index is 11.4. The molecule has 6 heteroatoms. The number of nitrogens with two attached hydrogens (primary N) is 1.